The summed E-state index contributed by atoms with van der Waals surface area (Å²) in [6, 6.07) is 1.48. The van der Waals surface area contributed by atoms with Gasteiger partial charge in [0.2, 0.25) is 0 Å². The molecule has 1 fully saturated rings. The number of aliphatic hydroxyl groups excluding tert-OH is 2. The smallest absolute Gasteiger partial charge is 0.351 e. The molecule has 2 unspecified atom stereocenters. The van der Waals surface area contributed by atoms with Crippen LogP contribution in [-0.4, -0.2) is 38.6 Å². The molecule has 88 valence electrons. The average molecular weight is 227 g/mol. The van der Waals surface area contributed by atoms with Gasteiger partial charge < -0.3 is 20.7 Å². The van der Waals surface area contributed by atoms with Crippen LogP contribution in [0.25, 0.3) is 0 Å². The molecule has 0 spiro atoms. The molecular weight excluding hydrogens is 214 g/mol. The number of nitrogens with zero attached hydrogens (tertiary/aromatic N) is 2. The second kappa shape index (κ2) is 4.20. The van der Waals surface area contributed by atoms with E-state index in [2.05, 4.69) is 4.98 Å². The Balaban J connectivity index is 2.23. The SMILES string of the molecule is Nc1ccn(C2C[C@H](O)C(CO)O2)c(=O)n1. The van der Waals surface area contributed by atoms with E-state index in [1.165, 1.54) is 16.8 Å². The Morgan fingerprint density at radius 2 is 2.44 bits per heavy atom. The lowest BCUT2D eigenvalue weighted by Gasteiger charge is -2.13. The Hall–Kier alpha value is -1.44. The fraction of sp³-hybridized carbons (Fsp3) is 0.556. The highest BCUT2D eigenvalue weighted by Gasteiger charge is 2.34. The number of hydrogen-bond donors (Lipinski definition) is 3. The quantitative estimate of drug-likeness (QED) is 0.565. The molecule has 3 atom stereocenters. The summed E-state index contributed by atoms with van der Waals surface area (Å²) >= 11 is 0. The zero-order valence-electron chi connectivity index (χ0n) is 8.48. The van der Waals surface area contributed by atoms with Crippen molar-refractivity contribution in [1.82, 2.24) is 9.55 Å². The Kier molecular flexibility index (Phi) is 2.90. The van der Waals surface area contributed by atoms with Crippen LogP contribution in [-0.2, 0) is 4.74 Å². The van der Waals surface area contributed by atoms with E-state index < -0.39 is 24.1 Å². The van der Waals surface area contributed by atoms with Gasteiger partial charge in [0.1, 0.15) is 18.1 Å². The van der Waals surface area contributed by atoms with Gasteiger partial charge in [-0.3, -0.25) is 4.57 Å². The van der Waals surface area contributed by atoms with Crippen LogP contribution in [0, 0.1) is 0 Å². The number of nitrogen functional groups attached to an aromatic ring is 1. The van der Waals surface area contributed by atoms with Crippen LogP contribution in [0.15, 0.2) is 17.1 Å². The molecule has 1 aromatic heterocycles. The van der Waals surface area contributed by atoms with Crippen molar-refractivity contribution < 1.29 is 14.9 Å². The maximum Gasteiger partial charge on any atom is 0.351 e. The lowest BCUT2D eigenvalue weighted by atomic mass is 10.2. The summed E-state index contributed by atoms with van der Waals surface area (Å²) < 4.78 is 6.56. The van der Waals surface area contributed by atoms with E-state index in [1.807, 2.05) is 0 Å². The standard InChI is InChI=1S/C9H13N3O4/c10-7-1-2-12(9(15)11-7)8-3-5(14)6(4-13)16-8/h1-2,5-6,8,13-14H,3-4H2,(H2,10,11,15)/t5-,6?,8?/m0/s1. The lowest BCUT2D eigenvalue weighted by Crippen LogP contribution is -2.27. The van der Waals surface area contributed by atoms with E-state index >= 15 is 0 Å². The number of aliphatic hydroxyl groups is 2. The second-order valence-corrected chi connectivity index (χ2v) is 3.66. The van der Waals surface area contributed by atoms with Crippen molar-refractivity contribution in [3.63, 3.8) is 0 Å². The first-order chi connectivity index (χ1) is 7.61. The van der Waals surface area contributed by atoms with Gasteiger partial charge >= 0.3 is 5.69 Å². The number of aromatic nitrogens is 2. The van der Waals surface area contributed by atoms with E-state index in [0.29, 0.717) is 0 Å². The number of hydrogen-bond acceptors (Lipinski definition) is 6. The van der Waals surface area contributed by atoms with Crippen LogP contribution >= 0.6 is 0 Å². The summed E-state index contributed by atoms with van der Waals surface area (Å²) in [5, 5.41) is 18.4. The highest BCUT2D eigenvalue weighted by molar-refractivity contribution is 5.23. The fourth-order valence-corrected chi connectivity index (χ4v) is 1.70. The third-order valence-electron chi connectivity index (χ3n) is 2.55. The highest BCUT2D eigenvalue weighted by atomic mass is 16.5. The Morgan fingerprint density at radius 1 is 1.69 bits per heavy atom. The van der Waals surface area contributed by atoms with E-state index in [9.17, 15) is 9.90 Å². The summed E-state index contributed by atoms with van der Waals surface area (Å²) in [5.74, 6) is 0.138. The van der Waals surface area contributed by atoms with Gasteiger partial charge in [-0.1, -0.05) is 0 Å². The Bertz CT molecular complexity index is 433. The number of rotatable bonds is 2. The molecule has 1 saturated heterocycles. The molecule has 0 saturated carbocycles. The maximum atomic E-state index is 11.5. The molecule has 1 aliphatic rings. The summed E-state index contributed by atoms with van der Waals surface area (Å²) in [6.07, 6.45) is -0.333. The minimum atomic E-state index is -0.778. The first-order valence-electron chi connectivity index (χ1n) is 4.91. The fourth-order valence-electron chi connectivity index (χ4n) is 1.70. The average Bonchev–Trinajstić information content (AvgIpc) is 2.59. The van der Waals surface area contributed by atoms with Crippen LogP contribution in [0.1, 0.15) is 12.6 Å². The largest absolute Gasteiger partial charge is 0.394 e. The Labute approximate surface area is 91.1 Å². The van der Waals surface area contributed by atoms with Crippen molar-refractivity contribution in [3.05, 3.63) is 22.7 Å². The van der Waals surface area contributed by atoms with Crippen LogP contribution in [0.5, 0.6) is 0 Å². The van der Waals surface area contributed by atoms with Crippen molar-refractivity contribution in [2.45, 2.75) is 24.9 Å². The van der Waals surface area contributed by atoms with Crippen LogP contribution < -0.4 is 11.4 Å². The lowest BCUT2D eigenvalue weighted by molar-refractivity contribution is -0.0458. The monoisotopic (exact) mass is 227 g/mol. The van der Waals surface area contributed by atoms with Gasteiger partial charge in [0.25, 0.3) is 0 Å². The molecule has 16 heavy (non-hydrogen) atoms. The molecular formula is C9H13N3O4. The predicted octanol–water partition coefficient (Wildman–Crippen LogP) is -1.53. The maximum absolute atomic E-state index is 11.5. The van der Waals surface area contributed by atoms with Crippen LogP contribution in [0.2, 0.25) is 0 Å². The zero-order valence-corrected chi connectivity index (χ0v) is 8.48. The van der Waals surface area contributed by atoms with Crippen molar-refractivity contribution in [3.8, 4) is 0 Å². The minimum Gasteiger partial charge on any atom is -0.394 e. The van der Waals surface area contributed by atoms with Gasteiger partial charge in [-0.15, -0.1) is 0 Å². The summed E-state index contributed by atoms with van der Waals surface area (Å²) in [7, 11) is 0. The van der Waals surface area contributed by atoms with Gasteiger partial charge in [-0.25, -0.2) is 4.79 Å². The van der Waals surface area contributed by atoms with Gasteiger partial charge in [-0.2, -0.15) is 4.98 Å². The molecule has 1 aliphatic heterocycles. The van der Waals surface area contributed by atoms with Crippen LogP contribution in [0.4, 0.5) is 5.82 Å². The van der Waals surface area contributed by atoms with Crippen molar-refractivity contribution in [2.75, 3.05) is 12.3 Å². The molecule has 0 bridgehead atoms. The molecule has 2 rings (SSSR count). The van der Waals surface area contributed by atoms with Gasteiger partial charge in [0.15, 0.2) is 0 Å². The summed E-state index contributed by atoms with van der Waals surface area (Å²) in [6.45, 7) is -0.283. The number of ether oxygens (including phenoxy) is 1. The topological polar surface area (TPSA) is 111 Å². The first kappa shape index (κ1) is 11.1. The molecule has 7 nitrogen and oxygen atoms in total. The molecule has 4 N–H and O–H groups in total. The molecule has 1 aromatic rings. The van der Waals surface area contributed by atoms with Crippen molar-refractivity contribution in [1.29, 1.82) is 0 Å². The van der Waals surface area contributed by atoms with Gasteiger partial charge in [0, 0.05) is 12.6 Å². The molecule has 0 radical (unpaired) electrons. The summed E-state index contributed by atoms with van der Waals surface area (Å²) in [5.41, 5.74) is 4.82. The third-order valence-corrected chi connectivity index (χ3v) is 2.55. The number of nitrogens with two attached hydrogens (primary N) is 1. The van der Waals surface area contributed by atoms with Gasteiger partial charge in [-0.05, 0) is 6.07 Å². The van der Waals surface area contributed by atoms with Gasteiger partial charge in [0.05, 0.1) is 12.7 Å². The predicted molar refractivity (Wildman–Crippen MR) is 54.5 cm³/mol. The zero-order chi connectivity index (χ0) is 11.7. The van der Waals surface area contributed by atoms with Crippen molar-refractivity contribution in [2.24, 2.45) is 0 Å². The van der Waals surface area contributed by atoms with Crippen LogP contribution in [0.3, 0.4) is 0 Å². The minimum absolute atomic E-state index is 0.138. The molecule has 7 heteroatoms. The van der Waals surface area contributed by atoms with E-state index in [-0.39, 0.29) is 18.8 Å². The van der Waals surface area contributed by atoms with E-state index in [4.69, 9.17) is 15.6 Å². The molecule has 0 amide bonds. The third kappa shape index (κ3) is 1.92. The van der Waals surface area contributed by atoms with E-state index in [0.717, 1.165) is 0 Å². The first-order valence-corrected chi connectivity index (χ1v) is 4.91. The molecule has 2 heterocycles. The molecule has 0 aliphatic carbocycles. The number of anilines is 1. The molecule has 0 aromatic carbocycles. The second-order valence-electron chi connectivity index (χ2n) is 3.66. The normalized spacial score (nSPS) is 29.5. The van der Waals surface area contributed by atoms with E-state index in [1.54, 1.807) is 0 Å². The summed E-state index contributed by atoms with van der Waals surface area (Å²) in [4.78, 5) is 15.0. The highest BCUT2D eigenvalue weighted by Crippen LogP contribution is 2.27. The Morgan fingerprint density at radius 3 is 3.00 bits per heavy atom. The van der Waals surface area contributed by atoms with Crippen molar-refractivity contribution >= 4 is 5.82 Å².